The Hall–Kier alpha value is -3.65. The summed E-state index contributed by atoms with van der Waals surface area (Å²) in [6, 6.07) is 19.3. The normalized spacial score (nSPS) is 22.3. The molecule has 1 aliphatic heterocycles. The molecule has 0 spiro atoms. The van der Waals surface area contributed by atoms with E-state index >= 15 is 0 Å². The van der Waals surface area contributed by atoms with Gasteiger partial charge in [-0.05, 0) is 50.3 Å². The first-order valence-electron chi connectivity index (χ1n) is 19.4. The zero-order valence-corrected chi connectivity index (χ0v) is 32.7. The molecule has 4 N–H and O–H groups in total. The van der Waals surface area contributed by atoms with Crippen LogP contribution in [0.15, 0.2) is 66.7 Å². The van der Waals surface area contributed by atoms with Crippen LogP contribution in [0.3, 0.4) is 0 Å². The summed E-state index contributed by atoms with van der Waals surface area (Å²) in [5, 5.41) is 44.7. The van der Waals surface area contributed by atoms with Crippen LogP contribution in [0.25, 0.3) is 0 Å². The molecule has 4 rings (SSSR count). The average Bonchev–Trinajstić information content (AvgIpc) is 3.18. The second-order valence-electron chi connectivity index (χ2n) is 14.3. The lowest BCUT2D eigenvalue weighted by molar-refractivity contribution is -0.377. The highest BCUT2D eigenvalue weighted by molar-refractivity contribution is 6.15. The molecule has 0 bridgehead atoms. The molecule has 1 fully saturated rings. The molecule has 0 aromatic heterocycles. The standard InChI is InChI=1S/C44H58O11/c1-6-8-15-23-52-26-32(53-24-16-9-7-2)27-54-44(43(51)42(50)41(49)37(25-45)55-44)36-20-14-13-19-34(36)40(31-17-11-10-12-18-31)35-22-21-33(28(3)46)38(29(4)47)39(35)30(5)48/h10-14,17-22,32,37,40-43,45,49-51H,6-9,15-16,23-27H2,1-5H3/t32?,37-,40?,41-,42+,43-,44?/m1/s1. The van der Waals surface area contributed by atoms with Crippen LogP contribution in [-0.4, -0.2) is 101 Å². The maximum atomic E-state index is 13.6. The van der Waals surface area contributed by atoms with E-state index in [4.69, 9.17) is 18.9 Å². The Morgan fingerprint density at radius 3 is 1.98 bits per heavy atom. The Kier molecular flexibility index (Phi) is 16.9. The monoisotopic (exact) mass is 762 g/mol. The summed E-state index contributed by atoms with van der Waals surface area (Å²) in [5.41, 5.74) is 2.03. The zero-order chi connectivity index (χ0) is 40.1. The summed E-state index contributed by atoms with van der Waals surface area (Å²) in [5.74, 6) is -4.26. The van der Waals surface area contributed by atoms with Gasteiger partial charge in [0.25, 0.3) is 0 Å². The predicted octanol–water partition coefficient (Wildman–Crippen LogP) is 5.90. The second-order valence-corrected chi connectivity index (χ2v) is 14.3. The number of hydrogen-bond acceptors (Lipinski definition) is 11. The van der Waals surface area contributed by atoms with Gasteiger partial charge in [0, 0.05) is 41.4 Å². The molecular formula is C44H58O11. The molecule has 3 unspecified atom stereocenters. The number of hydrogen-bond donors (Lipinski definition) is 4. The molecule has 0 saturated carbocycles. The van der Waals surface area contributed by atoms with E-state index in [1.165, 1.54) is 20.8 Å². The van der Waals surface area contributed by atoms with Crippen molar-refractivity contribution in [3.8, 4) is 0 Å². The topological polar surface area (TPSA) is 169 Å². The van der Waals surface area contributed by atoms with Gasteiger partial charge in [0.2, 0.25) is 5.79 Å². The maximum Gasteiger partial charge on any atom is 0.225 e. The third kappa shape index (κ3) is 10.4. The van der Waals surface area contributed by atoms with Crippen LogP contribution in [0.1, 0.15) is 132 Å². The van der Waals surface area contributed by atoms with Gasteiger partial charge in [-0.25, -0.2) is 0 Å². The van der Waals surface area contributed by atoms with Crippen LogP contribution in [0, 0.1) is 0 Å². The van der Waals surface area contributed by atoms with Gasteiger partial charge in [-0.3, -0.25) is 14.4 Å². The zero-order valence-electron chi connectivity index (χ0n) is 32.7. The molecular weight excluding hydrogens is 704 g/mol. The second kappa shape index (κ2) is 21.0. The number of ketones is 3. The number of unbranched alkanes of at least 4 members (excludes halogenated alkanes) is 4. The summed E-state index contributed by atoms with van der Waals surface area (Å²) in [7, 11) is 0. The van der Waals surface area contributed by atoms with E-state index in [2.05, 4.69) is 13.8 Å². The number of carbonyl (C=O) groups excluding carboxylic acids is 3. The van der Waals surface area contributed by atoms with Crippen molar-refractivity contribution in [3.05, 3.63) is 106 Å². The molecule has 11 nitrogen and oxygen atoms in total. The van der Waals surface area contributed by atoms with Gasteiger partial charge in [-0.2, -0.15) is 0 Å². The highest BCUT2D eigenvalue weighted by Crippen LogP contribution is 2.46. The molecule has 1 saturated heterocycles. The van der Waals surface area contributed by atoms with Gasteiger partial charge in [0.15, 0.2) is 17.3 Å². The van der Waals surface area contributed by atoms with Crippen molar-refractivity contribution in [2.45, 2.75) is 115 Å². The molecule has 3 aromatic carbocycles. The van der Waals surface area contributed by atoms with Crippen molar-refractivity contribution in [1.29, 1.82) is 0 Å². The van der Waals surface area contributed by atoms with Crippen LogP contribution in [-0.2, 0) is 24.7 Å². The minimum Gasteiger partial charge on any atom is -0.394 e. The summed E-state index contributed by atoms with van der Waals surface area (Å²) >= 11 is 0. The fourth-order valence-corrected chi connectivity index (χ4v) is 7.33. The highest BCUT2D eigenvalue weighted by Gasteiger charge is 2.57. The minimum absolute atomic E-state index is 0.0108. The summed E-state index contributed by atoms with van der Waals surface area (Å²) in [6.07, 6.45) is -1.62. The fraction of sp³-hybridized carbons (Fsp3) is 0.523. The molecule has 0 radical (unpaired) electrons. The molecule has 0 aliphatic carbocycles. The van der Waals surface area contributed by atoms with Crippen molar-refractivity contribution in [2.75, 3.05) is 33.0 Å². The van der Waals surface area contributed by atoms with Crippen molar-refractivity contribution in [3.63, 3.8) is 0 Å². The third-order valence-corrected chi connectivity index (χ3v) is 10.1. The smallest absolute Gasteiger partial charge is 0.225 e. The molecule has 3 aromatic rings. The first kappa shape index (κ1) is 44.1. The van der Waals surface area contributed by atoms with Gasteiger partial charge in [-0.15, -0.1) is 0 Å². The van der Waals surface area contributed by atoms with E-state index in [-0.39, 0.29) is 41.3 Å². The number of ether oxygens (including phenoxy) is 4. The van der Waals surface area contributed by atoms with Crippen molar-refractivity contribution >= 4 is 17.3 Å². The molecule has 11 heteroatoms. The third-order valence-electron chi connectivity index (χ3n) is 10.1. The van der Waals surface area contributed by atoms with E-state index in [0.29, 0.717) is 29.9 Å². The Labute approximate surface area is 324 Å². The quantitative estimate of drug-likeness (QED) is 0.0547. The van der Waals surface area contributed by atoms with Crippen molar-refractivity contribution in [2.24, 2.45) is 0 Å². The minimum atomic E-state index is -2.19. The highest BCUT2D eigenvalue weighted by atomic mass is 16.7. The van der Waals surface area contributed by atoms with E-state index in [1.54, 1.807) is 36.4 Å². The van der Waals surface area contributed by atoms with Gasteiger partial charge >= 0.3 is 0 Å². The van der Waals surface area contributed by atoms with Crippen LogP contribution in [0.5, 0.6) is 0 Å². The molecule has 300 valence electrons. The van der Waals surface area contributed by atoms with Gasteiger partial charge in [0.1, 0.15) is 30.5 Å². The maximum absolute atomic E-state index is 13.6. The first-order valence-corrected chi connectivity index (χ1v) is 19.4. The molecule has 1 heterocycles. The molecule has 55 heavy (non-hydrogen) atoms. The number of aliphatic hydroxyl groups is 4. The number of Topliss-reactive ketones (excluding diaryl/α,β-unsaturated/α-hetero) is 3. The Morgan fingerprint density at radius 1 is 0.727 bits per heavy atom. The van der Waals surface area contributed by atoms with E-state index in [9.17, 15) is 34.8 Å². The van der Waals surface area contributed by atoms with Gasteiger partial charge < -0.3 is 39.4 Å². The van der Waals surface area contributed by atoms with Crippen molar-refractivity contribution in [1.82, 2.24) is 0 Å². The van der Waals surface area contributed by atoms with E-state index in [1.807, 2.05) is 30.3 Å². The van der Waals surface area contributed by atoms with Crippen LogP contribution < -0.4 is 0 Å². The first-order chi connectivity index (χ1) is 26.4. The molecule has 0 amide bonds. The number of benzene rings is 3. The van der Waals surface area contributed by atoms with Crippen LogP contribution in [0.2, 0.25) is 0 Å². The summed E-state index contributed by atoms with van der Waals surface area (Å²) in [4.78, 5) is 39.5. The van der Waals surface area contributed by atoms with Gasteiger partial charge in [0.05, 0.1) is 19.8 Å². The Morgan fingerprint density at radius 2 is 1.36 bits per heavy atom. The van der Waals surface area contributed by atoms with Gasteiger partial charge in [-0.1, -0.05) is 106 Å². The number of rotatable bonds is 22. The lowest BCUT2D eigenvalue weighted by Gasteiger charge is -2.49. The molecule has 7 atom stereocenters. The number of aliphatic hydroxyl groups excluding tert-OH is 4. The SMILES string of the molecule is CCCCCOCC(COC1(c2ccccc2C(c2ccccc2)c2ccc(C(C)=O)c(C(C)=O)c2C(C)=O)O[C@H](CO)[C@@H](O)[C@H](O)[C@H]1O)OCCCCC. The Balaban J connectivity index is 1.95. The van der Waals surface area contributed by atoms with Crippen LogP contribution >= 0.6 is 0 Å². The van der Waals surface area contributed by atoms with E-state index in [0.717, 1.165) is 38.5 Å². The van der Waals surface area contributed by atoms with E-state index < -0.39 is 60.4 Å². The predicted molar refractivity (Wildman–Crippen MR) is 208 cm³/mol. The van der Waals surface area contributed by atoms with Crippen molar-refractivity contribution < 1.29 is 53.8 Å². The number of carbonyl (C=O) groups is 3. The molecule has 1 aliphatic rings. The summed E-state index contributed by atoms with van der Waals surface area (Å²) in [6.45, 7) is 8.47. The average molecular weight is 763 g/mol. The lowest BCUT2D eigenvalue weighted by atomic mass is 9.75. The summed E-state index contributed by atoms with van der Waals surface area (Å²) < 4.78 is 25.3. The largest absolute Gasteiger partial charge is 0.394 e. The van der Waals surface area contributed by atoms with Crippen LogP contribution in [0.4, 0.5) is 0 Å². The Bertz CT molecular complexity index is 1710. The lowest BCUT2D eigenvalue weighted by Crippen LogP contribution is -2.65. The fourth-order valence-electron chi connectivity index (χ4n) is 7.33.